The van der Waals surface area contributed by atoms with Crippen LogP contribution < -0.4 is 5.19 Å². The van der Waals surface area contributed by atoms with Gasteiger partial charge in [-0.1, -0.05) is 147 Å². The van der Waals surface area contributed by atoms with Gasteiger partial charge in [0.15, 0.2) is 0 Å². The Labute approximate surface area is 329 Å². The van der Waals surface area contributed by atoms with E-state index in [0.717, 1.165) is 71.5 Å². The summed E-state index contributed by atoms with van der Waals surface area (Å²) in [5, 5.41) is 5.95. The number of benzene rings is 5. The normalized spacial score (nSPS) is 12.5. The molecule has 263 valence electrons. The van der Waals surface area contributed by atoms with Crippen LogP contribution in [0.15, 0.2) is 132 Å². The zero-order valence-electron chi connectivity index (χ0n) is 32.1. The molecule has 3 heterocycles. The molecule has 0 fully saturated rings. The summed E-state index contributed by atoms with van der Waals surface area (Å²) in [6, 6.07) is 44.6. The van der Waals surface area contributed by atoms with E-state index < -0.39 is 19.9 Å². The van der Waals surface area contributed by atoms with Gasteiger partial charge in [0.2, 0.25) is 0 Å². The molecule has 52 heavy (non-hydrogen) atoms. The van der Waals surface area contributed by atoms with Crippen molar-refractivity contribution in [3.63, 3.8) is 0 Å². The molecule has 0 spiro atoms. The molecule has 0 amide bonds. The molecule has 0 unspecified atom stereocenters. The monoisotopic (exact) mass is 895 g/mol. The molecule has 3 aromatic heterocycles. The quantitative estimate of drug-likeness (QED) is 0.128. The van der Waals surface area contributed by atoms with Crippen molar-refractivity contribution in [2.45, 2.75) is 46.8 Å². The Bertz CT molecular complexity index is 2580. The van der Waals surface area contributed by atoms with Crippen LogP contribution in [-0.4, -0.2) is 18.0 Å². The average molecular weight is 896 g/mol. The number of nitrogens with zero attached hydrogens (tertiary/aromatic N) is 2. The number of hydrogen-bond acceptors (Lipinski definition) is 3. The first kappa shape index (κ1) is 34.7. The van der Waals surface area contributed by atoms with Gasteiger partial charge < -0.3 is 14.4 Å². The third-order valence-corrected chi connectivity index (χ3v) is 11.1. The molecule has 6 heteroatoms. The van der Waals surface area contributed by atoms with E-state index in [0.29, 0.717) is 10.6 Å². The van der Waals surface area contributed by atoms with Gasteiger partial charge >= 0.3 is 0 Å². The Morgan fingerprint density at radius 1 is 0.731 bits per heavy atom. The SMILES string of the molecule is Clc1c(-c2ccccc2)ccc2c1oc1c(-c3cc4ccccc4cn3)[c-]ccc12.[2H]C([2H])(c1cc(-c2[c-]cccc2)ncc1[Si](C)(C)C)C(C)(C)C.[Ir]. The molecule has 0 saturated heterocycles. The smallest absolute Gasteiger partial charge is 0.140 e. The summed E-state index contributed by atoms with van der Waals surface area (Å²) in [7, 11) is -1.70. The maximum atomic E-state index is 8.75. The molecule has 0 saturated carbocycles. The van der Waals surface area contributed by atoms with E-state index in [1.165, 1.54) is 0 Å². The third-order valence-electron chi connectivity index (χ3n) is 8.72. The van der Waals surface area contributed by atoms with Crippen LogP contribution in [0.5, 0.6) is 0 Å². The molecule has 8 aromatic rings. The second-order valence-electron chi connectivity index (χ2n) is 14.8. The second-order valence-corrected chi connectivity index (χ2v) is 20.2. The van der Waals surface area contributed by atoms with Crippen molar-refractivity contribution >= 4 is 57.6 Å². The predicted octanol–water partition coefficient (Wildman–Crippen LogP) is 12.6. The number of halogens is 1. The van der Waals surface area contributed by atoms with E-state index >= 15 is 0 Å². The summed E-state index contributed by atoms with van der Waals surface area (Å²) in [5.74, 6) is 0. The largest absolute Gasteiger partial charge is 0.499 e. The van der Waals surface area contributed by atoms with Crippen molar-refractivity contribution < 1.29 is 27.3 Å². The molecule has 0 aliphatic carbocycles. The number of furan rings is 1. The van der Waals surface area contributed by atoms with Crippen molar-refractivity contribution in [2.75, 3.05) is 0 Å². The maximum absolute atomic E-state index is 8.75. The van der Waals surface area contributed by atoms with Crippen LogP contribution in [0.3, 0.4) is 0 Å². The van der Waals surface area contributed by atoms with Crippen LogP contribution in [0.25, 0.3) is 66.4 Å². The Hall–Kier alpha value is -4.38. The van der Waals surface area contributed by atoms with Gasteiger partial charge in [-0.2, -0.15) is 0 Å². The van der Waals surface area contributed by atoms with Gasteiger partial charge in [0, 0.05) is 46.2 Å². The van der Waals surface area contributed by atoms with Crippen molar-refractivity contribution in [1.82, 2.24) is 9.97 Å². The number of rotatable bonds is 5. The first-order valence-corrected chi connectivity index (χ1v) is 21.1. The second kappa shape index (κ2) is 15.3. The minimum atomic E-state index is -1.70. The molecule has 0 aliphatic heterocycles. The van der Waals surface area contributed by atoms with Gasteiger partial charge in [-0.3, -0.25) is 0 Å². The van der Waals surface area contributed by atoms with Crippen LogP contribution in [-0.2, 0) is 26.5 Å². The molecule has 5 aromatic carbocycles. The van der Waals surface area contributed by atoms with E-state index in [1.807, 2.05) is 118 Å². The first-order valence-electron chi connectivity index (χ1n) is 18.2. The van der Waals surface area contributed by atoms with Gasteiger partial charge in [-0.15, -0.1) is 54.1 Å². The zero-order valence-corrected chi connectivity index (χ0v) is 34.3. The van der Waals surface area contributed by atoms with Gasteiger partial charge in [-0.25, -0.2) is 0 Å². The number of fused-ring (bicyclic) bond motifs is 4. The van der Waals surface area contributed by atoms with Crippen LogP contribution in [0.1, 0.15) is 29.1 Å². The topological polar surface area (TPSA) is 38.9 Å². The fourth-order valence-electron chi connectivity index (χ4n) is 6.28. The fourth-order valence-corrected chi connectivity index (χ4v) is 7.99. The first-order chi connectivity index (χ1) is 25.2. The van der Waals surface area contributed by atoms with E-state index in [-0.39, 0.29) is 20.1 Å². The summed E-state index contributed by atoms with van der Waals surface area (Å²) in [4.78, 5) is 9.27. The minimum Gasteiger partial charge on any atom is -0.499 e. The molecular formula is C46H41ClIrN2OSi-2. The summed E-state index contributed by atoms with van der Waals surface area (Å²) in [5.41, 5.74) is 7.12. The summed E-state index contributed by atoms with van der Waals surface area (Å²) >= 11 is 6.80. The van der Waals surface area contributed by atoms with Crippen molar-refractivity contribution in [3.05, 3.63) is 150 Å². The number of hydrogen-bond donors (Lipinski definition) is 0. The summed E-state index contributed by atoms with van der Waals surface area (Å²) < 4.78 is 23.8. The predicted molar refractivity (Wildman–Crippen MR) is 218 cm³/mol. The third kappa shape index (κ3) is 7.99. The Morgan fingerprint density at radius 3 is 2.13 bits per heavy atom. The van der Waals surface area contributed by atoms with Gasteiger partial charge in [0.05, 0.1) is 18.7 Å². The van der Waals surface area contributed by atoms with Gasteiger partial charge in [0.1, 0.15) is 5.58 Å². The standard InChI is InChI=1S/C27H15ClNO.C19H26NSi.Ir/c28-25-20(17-7-2-1-3-8-17)13-14-22-21-11-6-12-23(26(21)30-27(22)25)24-15-18-9-4-5-10-19(18)16-29-24;1-19(2,3)13-16-12-17(15-10-8-7-9-11-15)20-14-18(16)21(4,5)6;/h1-11,13-16H;7-10,12,14H,13H2,1-6H3;/q2*-1;/i;13D2;. The van der Waals surface area contributed by atoms with Crippen molar-refractivity contribution in [3.8, 4) is 33.6 Å². The molecular weight excluding hydrogens is 852 g/mol. The molecule has 0 atom stereocenters. The van der Waals surface area contributed by atoms with Crippen molar-refractivity contribution in [2.24, 2.45) is 5.41 Å². The van der Waals surface area contributed by atoms with E-state index in [1.54, 1.807) is 0 Å². The molecule has 1 radical (unpaired) electrons. The molecule has 8 rings (SSSR count). The van der Waals surface area contributed by atoms with Crippen LogP contribution in [0.2, 0.25) is 24.7 Å². The van der Waals surface area contributed by atoms with E-state index in [9.17, 15) is 0 Å². The Kier molecular flexibility index (Phi) is 10.2. The van der Waals surface area contributed by atoms with Crippen LogP contribution >= 0.6 is 11.6 Å². The summed E-state index contributed by atoms with van der Waals surface area (Å²) in [6.45, 7) is 12.6. The Morgan fingerprint density at radius 2 is 1.42 bits per heavy atom. The Balaban J connectivity index is 0.000000188. The van der Waals surface area contributed by atoms with Gasteiger partial charge in [-0.05, 0) is 44.7 Å². The molecule has 0 aliphatic rings. The van der Waals surface area contributed by atoms with Gasteiger partial charge in [0.25, 0.3) is 0 Å². The van der Waals surface area contributed by atoms with Crippen LogP contribution in [0.4, 0.5) is 0 Å². The molecule has 0 bridgehead atoms. The van der Waals surface area contributed by atoms with Crippen molar-refractivity contribution in [1.29, 1.82) is 0 Å². The molecule has 3 nitrogen and oxygen atoms in total. The van der Waals surface area contributed by atoms with Crippen LogP contribution in [0, 0.1) is 17.5 Å². The number of pyridine rings is 2. The zero-order chi connectivity index (χ0) is 37.5. The van der Waals surface area contributed by atoms with E-state index in [2.05, 4.69) is 72.1 Å². The van der Waals surface area contributed by atoms with E-state index in [4.69, 9.17) is 18.8 Å². The maximum Gasteiger partial charge on any atom is 0.140 e. The fraction of sp³-hybridized carbons (Fsp3) is 0.174. The summed E-state index contributed by atoms with van der Waals surface area (Å²) in [6.07, 6.45) is 2.36. The average Bonchev–Trinajstić information content (AvgIpc) is 3.55. The molecule has 0 N–H and O–H groups in total. The minimum absolute atomic E-state index is 0. The number of aromatic nitrogens is 2.